The number of ether oxygens (including phenoxy) is 1. The number of hydrogen-bond donors (Lipinski definition) is 0. The summed E-state index contributed by atoms with van der Waals surface area (Å²) in [7, 11) is 2.10. The van der Waals surface area contributed by atoms with Crippen LogP contribution in [0.3, 0.4) is 0 Å². The van der Waals surface area contributed by atoms with Gasteiger partial charge in [0.15, 0.2) is 0 Å². The molecule has 0 saturated carbocycles. The van der Waals surface area contributed by atoms with Crippen LogP contribution in [0.4, 0.5) is 4.39 Å². The number of halogens is 1. The summed E-state index contributed by atoms with van der Waals surface area (Å²) in [5.41, 5.74) is 3.12. The summed E-state index contributed by atoms with van der Waals surface area (Å²) in [6, 6.07) is 14.6. The smallest absolute Gasteiger partial charge is 0.123 e. The lowest BCUT2D eigenvalue weighted by Gasteiger charge is -2.31. The highest BCUT2D eigenvalue weighted by molar-refractivity contribution is 5.84. The fourth-order valence-corrected chi connectivity index (χ4v) is 4.61. The zero-order valence-corrected chi connectivity index (χ0v) is 17.9. The monoisotopic (exact) mass is 405 g/mol. The van der Waals surface area contributed by atoms with Gasteiger partial charge < -0.3 is 9.64 Å². The Hall–Kier alpha value is -2.71. The molecule has 2 aromatic carbocycles. The minimum atomic E-state index is -0.616. The molecule has 4 nitrogen and oxygen atoms in total. The third-order valence-corrected chi connectivity index (χ3v) is 6.31. The van der Waals surface area contributed by atoms with Crippen molar-refractivity contribution >= 4 is 5.84 Å². The Labute approximate surface area is 178 Å². The van der Waals surface area contributed by atoms with E-state index in [0.29, 0.717) is 12.2 Å². The van der Waals surface area contributed by atoms with Crippen LogP contribution in [0, 0.1) is 17.1 Å². The molecular formula is C25H28FN3O. The van der Waals surface area contributed by atoms with Gasteiger partial charge >= 0.3 is 0 Å². The minimum absolute atomic E-state index is 0.0326. The molecule has 0 radical (unpaired) electrons. The van der Waals surface area contributed by atoms with Gasteiger partial charge in [0, 0.05) is 20.0 Å². The molecule has 0 aromatic heterocycles. The van der Waals surface area contributed by atoms with Gasteiger partial charge in [-0.05, 0) is 74.1 Å². The molecule has 2 aromatic rings. The Morgan fingerprint density at radius 2 is 1.97 bits per heavy atom. The molecule has 156 valence electrons. The van der Waals surface area contributed by atoms with E-state index in [-0.39, 0.29) is 11.4 Å². The second-order valence-corrected chi connectivity index (χ2v) is 8.97. The maximum Gasteiger partial charge on any atom is 0.123 e. The average molecular weight is 406 g/mol. The number of nitriles is 1. The Kier molecular flexibility index (Phi) is 5.38. The molecule has 2 aliphatic rings. The topological polar surface area (TPSA) is 48.6 Å². The van der Waals surface area contributed by atoms with E-state index in [1.807, 2.05) is 30.3 Å². The van der Waals surface area contributed by atoms with Gasteiger partial charge in [0.1, 0.15) is 11.4 Å². The van der Waals surface area contributed by atoms with E-state index in [9.17, 15) is 9.65 Å². The highest BCUT2D eigenvalue weighted by Gasteiger charge is 2.41. The van der Waals surface area contributed by atoms with Gasteiger partial charge in [-0.15, -0.1) is 0 Å². The first-order valence-corrected chi connectivity index (χ1v) is 10.6. The lowest BCUT2D eigenvalue weighted by molar-refractivity contribution is -0.0136. The molecule has 1 atom stereocenters. The summed E-state index contributed by atoms with van der Waals surface area (Å²) in [5, 5.41) is 9.24. The van der Waals surface area contributed by atoms with Crippen molar-refractivity contribution < 1.29 is 9.13 Å². The average Bonchev–Trinajstić information content (AvgIpc) is 3.29. The maximum absolute atomic E-state index is 13.6. The summed E-state index contributed by atoms with van der Waals surface area (Å²) in [5.74, 6) is 0.913. The fourth-order valence-electron chi connectivity index (χ4n) is 4.61. The Bertz CT molecular complexity index is 1010. The zero-order chi connectivity index (χ0) is 21.4. The van der Waals surface area contributed by atoms with Crippen molar-refractivity contribution in [1.82, 2.24) is 4.90 Å². The third-order valence-electron chi connectivity index (χ3n) is 6.31. The Balaban J connectivity index is 1.58. The predicted molar refractivity (Wildman–Crippen MR) is 116 cm³/mol. The van der Waals surface area contributed by atoms with Crippen molar-refractivity contribution in [2.24, 2.45) is 4.99 Å². The van der Waals surface area contributed by atoms with Gasteiger partial charge in [-0.3, -0.25) is 4.99 Å². The molecule has 0 saturated heterocycles. The van der Waals surface area contributed by atoms with Gasteiger partial charge in [0.2, 0.25) is 0 Å². The van der Waals surface area contributed by atoms with Gasteiger partial charge in [0.05, 0.1) is 29.6 Å². The van der Waals surface area contributed by atoms with Crippen LogP contribution < -0.4 is 0 Å². The third kappa shape index (κ3) is 3.85. The molecular weight excluding hydrogens is 377 g/mol. The van der Waals surface area contributed by atoms with Crippen molar-refractivity contribution in [3.8, 4) is 6.07 Å². The first-order chi connectivity index (χ1) is 14.3. The molecule has 0 amide bonds. The second-order valence-electron chi connectivity index (χ2n) is 8.97. The van der Waals surface area contributed by atoms with Crippen LogP contribution in [0.15, 0.2) is 47.5 Å². The zero-order valence-electron chi connectivity index (χ0n) is 17.9. The largest absolute Gasteiger partial charge is 0.363 e. The van der Waals surface area contributed by atoms with E-state index in [0.717, 1.165) is 48.9 Å². The Morgan fingerprint density at radius 3 is 2.63 bits per heavy atom. The fraction of sp³-hybridized carbons (Fsp3) is 0.440. The molecule has 5 heteroatoms. The van der Waals surface area contributed by atoms with Crippen molar-refractivity contribution in [3.05, 3.63) is 70.5 Å². The van der Waals surface area contributed by atoms with Crippen LogP contribution in [-0.4, -0.2) is 29.9 Å². The van der Waals surface area contributed by atoms with E-state index in [4.69, 9.17) is 9.73 Å². The van der Waals surface area contributed by atoms with Crippen molar-refractivity contribution in [1.29, 1.82) is 5.26 Å². The Morgan fingerprint density at radius 1 is 1.20 bits per heavy atom. The van der Waals surface area contributed by atoms with Crippen LogP contribution in [-0.2, 0) is 16.9 Å². The van der Waals surface area contributed by atoms with E-state index < -0.39 is 5.60 Å². The van der Waals surface area contributed by atoms with E-state index >= 15 is 0 Å². The lowest BCUT2D eigenvalue weighted by Crippen LogP contribution is -2.31. The van der Waals surface area contributed by atoms with Crippen molar-refractivity contribution in [2.45, 2.75) is 57.3 Å². The van der Waals surface area contributed by atoms with Crippen LogP contribution in [0.5, 0.6) is 0 Å². The molecule has 2 aliphatic heterocycles. The summed E-state index contributed by atoms with van der Waals surface area (Å²) < 4.78 is 20.0. The molecule has 1 unspecified atom stereocenters. The number of amidine groups is 1. The van der Waals surface area contributed by atoms with Crippen molar-refractivity contribution in [2.75, 3.05) is 13.6 Å². The number of aliphatic imine (C=N–C) groups is 1. The number of rotatable bonds is 5. The van der Waals surface area contributed by atoms with Crippen LogP contribution >= 0.6 is 0 Å². The standard InChI is InChI=1S/C25H28FN3O/c1-24(2)13-11-23(28-24)29(3)14-4-12-25(20-6-8-21(26)9-7-20)22-10-5-18(16-27)15-19(22)17-30-25/h5-10,15H,4,11-14,17H2,1-3H3. The first-order valence-electron chi connectivity index (χ1n) is 10.6. The maximum atomic E-state index is 13.6. The highest BCUT2D eigenvalue weighted by atomic mass is 19.1. The highest BCUT2D eigenvalue weighted by Crippen LogP contribution is 2.45. The quantitative estimate of drug-likeness (QED) is 0.691. The van der Waals surface area contributed by atoms with E-state index in [1.54, 1.807) is 0 Å². The van der Waals surface area contributed by atoms with Crippen LogP contribution in [0.1, 0.15) is 61.8 Å². The van der Waals surface area contributed by atoms with Crippen LogP contribution in [0.2, 0.25) is 0 Å². The molecule has 2 heterocycles. The molecule has 0 aliphatic carbocycles. The first kappa shape index (κ1) is 20.6. The summed E-state index contributed by atoms with van der Waals surface area (Å²) >= 11 is 0. The van der Waals surface area contributed by atoms with E-state index in [2.05, 4.69) is 31.9 Å². The summed E-state index contributed by atoms with van der Waals surface area (Å²) in [6.45, 7) is 5.69. The van der Waals surface area contributed by atoms with Crippen molar-refractivity contribution in [3.63, 3.8) is 0 Å². The number of hydrogen-bond acceptors (Lipinski definition) is 4. The SMILES string of the molecule is CN(CCCC1(c2ccc(F)cc2)OCc2cc(C#N)ccc21)C1=NC(C)(C)CC1. The predicted octanol–water partition coefficient (Wildman–Crippen LogP) is 5.15. The number of fused-ring (bicyclic) bond motifs is 1. The second kappa shape index (κ2) is 7.85. The molecule has 0 bridgehead atoms. The van der Waals surface area contributed by atoms with Gasteiger partial charge in [-0.1, -0.05) is 18.2 Å². The number of benzene rings is 2. The summed E-state index contributed by atoms with van der Waals surface area (Å²) in [6.07, 6.45) is 3.79. The van der Waals surface area contributed by atoms with Gasteiger partial charge in [-0.25, -0.2) is 4.39 Å². The lowest BCUT2D eigenvalue weighted by atomic mass is 9.81. The minimum Gasteiger partial charge on any atom is -0.363 e. The van der Waals surface area contributed by atoms with Gasteiger partial charge in [0.25, 0.3) is 0 Å². The molecule has 4 rings (SSSR count). The molecule has 0 spiro atoms. The molecule has 30 heavy (non-hydrogen) atoms. The molecule has 0 N–H and O–H groups in total. The number of nitrogens with zero attached hydrogens (tertiary/aromatic N) is 3. The van der Waals surface area contributed by atoms with E-state index in [1.165, 1.54) is 18.0 Å². The summed E-state index contributed by atoms with van der Waals surface area (Å²) in [4.78, 5) is 7.10. The van der Waals surface area contributed by atoms with Gasteiger partial charge in [-0.2, -0.15) is 5.26 Å². The van der Waals surface area contributed by atoms with Crippen LogP contribution in [0.25, 0.3) is 0 Å². The molecule has 0 fully saturated rings. The normalized spacial score (nSPS) is 21.8.